The second-order valence-electron chi connectivity index (χ2n) is 5.06. The van der Waals surface area contributed by atoms with Gasteiger partial charge in [0.1, 0.15) is 0 Å². The molecule has 0 radical (unpaired) electrons. The minimum absolute atomic E-state index is 0.286. The minimum atomic E-state index is 0.286. The van der Waals surface area contributed by atoms with E-state index in [0.29, 0.717) is 6.42 Å². The summed E-state index contributed by atoms with van der Waals surface area (Å²) in [5.41, 5.74) is 5.74. The largest absolute Gasteiger partial charge is 0.354 e. The van der Waals surface area contributed by atoms with Crippen LogP contribution in [0.1, 0.15) is 27.9 Å². The Morgan fingerprint density at radius 3 is 2.89 bits per heavy atom. The molecule has 0 unspecified atom stereocenters. The van der Waals surface area contributed by atoms with E-state index < -0.39 is 0 Å². The zero-order chi connectivity index (χ0) is 12.3. The number of carbonyl (C=O) groups excluding carboxylic acids is 1. The predicted molar refractivity (Wildman–Crippen MR) is 73.2 cm³/mol. The molecule has 2 aromatic carbocycles. The SMILES string of the molecule is Cc1cccc2c1[nH]c1ccc3c(c12)CCC3=O. The van der Waals surface area contributed by atoms with Crippen molar-refractivity contribution < 1.29 is 4.79 Å². The van der Waals surface area contributed by atoms with Gasteiger partial charge in [-0.15, -0.1) is 0 Å². The van der Waals surface area contributed by atoms with E-state index in [1.165, 1.54) is 27.4 Å². The molecular formula is C16H13NO. The Balaban J connectivity index is 2.26. The number of Topliss-reactive ketones (excluding diaryl/α,β-unsaturated/α-hetero) is 1. The molecule has 0 aliphatic heterocycles. The number of aromatic nitrogens is 1. The topological polar surface area (TPSA) is 32.9 Å². The third-order valence-electron chi connectivity index (χ3n) is 4.02. The van der Waals surface area contributed by atoms with Gasteiger partial charge in [0.25, 0.3) is 0 Å². The van der Waals surface area contributed by atoms with Crippen molar-refractivity contribution in [3.05, 3.63) is 47.0 Å². The number of aryl methyl sites for hydroxylation is 2. The molecular weight excluding hydrogens is 222 g/mol. The van der Waals surface area contributed by atoms with Crippen molar-refractivity contribution in [3.63, 3.8) is 0 Å². The second-order valence-corrected chi connectivity index (χ2v) is 5.06. The summed E-state index contributed by atoms with van der Waals surface area (Å²) in [4.78, 5) is 15.3. The van der Waals surface area contributed by atoms with Gasteiger partial charge in [-0.2, -0.15) is 0 Å². The van der Waals surface area contributed by atoms with E-state index in [2.05, 4.69) is 30.1 Å². The van der Waals surface area contributed by atoms with Gasteiger partial charge >= 0.3 is 0 Å². The van der Waals surface area contributed by atoms with Crippen molar-refractivity contribution in [3.8, 4) is 0 Å². The van der Waals surface area contributed by atoms with Gasteiger partial charge in [0.05, 0.1) is 0 Å². The molecule has 1 aliphatic rings. The molecule has 0 saturated carbocycles. The fourth-order valence-corrected chi connectivity index (χ4v) is 3.13. The molecule has 2 nitrogen and oxygen atoms in total. The van der Waals surface area contributed by atoms with Crippen molar-refractivity contribution >= 4 is 27.6 Å². The van der Waals surface area contributed by atoms with Gasteiger partial charge in [-0.05, 0) is 36.6 Å². The summed E-state index contributed by atoms with van der Waals surface area (Å²) in [6.07, 6.45) is 1.54. The minimum Gasteiger partial charge on any atom is -0.354 e. The quantitative estimate of drug-likeness (QED) is 0.632. The first kappa shape index (κ1) is 9.89. The Morgan fingerprint density at radius 2 is 2.00 bits per heavy atom. The summed E-state index contributed by atoms with van der Waals surface area (Å²) >= 11 is 0. The highest BCUT2D eigenvalue weighted by atomic mass is 16.1. The molecule has 1 aliphatic carbocycles. The maximum absolute atomic E-state index is 11.8. The Labute approximate surface area is 105 Å². The number of aromatic amines is 1. The smallest absolute Gasteiger partial charge is 0.163 e. The molecule has 1 N–H and O–H groups in total. The van der Waals surface area contributed by atoms with Gasteiger partial charge in [0.2, 0.25) is 0 Å². The average Bonchev–Trinajstić information content (AvgIpc) is 2.91. The summed E-state index contributed by atoms with van der Waals surface area (Å²) in [5.74, 6) is 0.286. The summed E-state index contributed by atoms with van der Waals surface area (Å²) in [5, 5.41) is 2.49. The van der Waals surface area contributed by atoms with Crippen molar-refractivity contribution in [2.45, 2.75) is 19.8 Å². The Hall–Kier alpha value is -2.09. The highest BCUT2D eigenvalue weighted by Gasteiger charge is 2.23. The lowest BCUT2D eigenvalue weighted by Gasteiger charge is -2.00. The van der Waals surface area contributed by atoms with E-state index in [0.717, 1.165) is 17.5 Å². The maximum Gasteiger partial charge on any atom is 0.163 e. The van der Waals surface area contributed by atoms with Gasteiger partial charge in [-0.3, -0.25) is 4.79 Å². The Bertz CT molecular complexity index is 811. The van der Waals surface area contributed by atoms with Crippen molar-refractivity contribution in [1.82, 2.24) is 4.98 Å². The van der Waals surface area contributed by atoms with Gasteiger partial charge in [-0.25, -0.2) is 0 Å². The zero-order valence-corrected chi connectivity index (χ0v) is 10.2. The van der Waals surface area contributed by atoms with E-state index in [-0.39, 0.29) is 5.78 Å². The third kappa shape index (κ3) is 1.10. The lowest BCUT2D eigenvalue weighted by Crippen LogP contribution is -1.90. The number of benzene rings is 2. The number of carbonyl (C=O) groups is 1. The molecule has 0 bridgehead atoms. The highest BCUT2D eigenvalue weighted by Crippen LogP contribution is 2.35. The van der Waals surface area contributed by atoms with Gasteiger partial charge in [-0.1, -0.05) is 18.2 Å². The van der Waals surface area contributed by atoms with Crippen LogP contribution in [0.3, 0.4) is 0 Å². The van der Waals surface area contributed by atoms with Crippen LogP contribution in [0.2, 0.25) is 0 Å². The van der Waals surface area contributed by atoms with Gasteiger partial charge < -0.3 is 4.98 Å². The normalized spacial score (nSPS) is 14.6. The number of ketones is 1. The first-order chi connectivity index (χ1) is 8.75. The summed E-state index contributed by atoms with van der Waals surface area (Å²) < 4.78 is 0. The molecule has 1 aromatic heterocycles. The monoisotopic (exact) mass is 235 g/mol. The molecule has 3 aromatic rings. The maximum atomic E-state index is 11.8. The van der Waals surface area contributed by atoms with E-state index >= 15 is 0 Å². The Morgan fingerprint density at radius 1 is 1.11 bits per heavy atom. The lowest BCUT2D eigenvalue weighted by molar-refractivity contribution is 0.0994. The van der Waals surface area contributed by atoms with Gasteiger partial charge in [0.15, 0.2) is 5.78 Å². The molecule has 2 heteroatoms. The summed E-state index contributed by atoms with van der Waals surface area (Å²) in [6, 6.07) is 10.4. The van der Waals surface area contributed by atoms with Gasteiger partial charge in [0, 0.05) is 33.8 Å². The number of hydrogen-bond donors (Lipinski definition) is 1. The third-order valence-corrected chi connectivity index (χ3v) is 4.02. The van der Waals surface area contributed by atoms with Crippen LogP contribution in [0.25, 0.3) is 21.8 Å². The molecule has 0 spiro atoms. The predicted octanol–water partition coefficient (Wildman–Crippen LogP) is 3.76. The first-order valence-electron chi connectivity index (χ1n) is 6.32. The number of rotatable bonds is 0. The zero-order valence-electron chi connectivity index (χ0n) is 10.2. The van der Waals surface area contributed by atoms with E-state index in [9.17, 15) is 4.79 Å². The van der Waals surface area contributed by atoms with Crippen LogP contribution in [0, 0.1) is 6.92 Å². The molecule has 18 heavy (non-hydrogen) atoms. The van der Waals surface area contributed by atoms with Crippen LogP contribution in [-0.4, -0.2) is 10.8 Å². The fraction of sp³-hybridized carbons (Fsp3) is 0.188. The first-order valence-corrected chi connectivity index (χ1v) is 6.32. The average molecular weight is 235 g/mol. The fourth-order valence-electron chi connectivity index (χ4n) is 3.13. The highest BCUT2D eigenvalue weighted by molar-refractivity contribution is 6.14. The number of H-pyrrole nitrogens is 1. The van der Waals surface area contributed by atoms with E-state index in [4.69, 9.17) is 0 Å². The second kappa shape index (κ2) is 3.22. The van der Waals surface area contributed by atoms with Crippen LogP contribution >= 0.6 is 0 Å². The Kier molecular flexibility index (Phi) is 1.77. The molecule has 0 atom stereocenters. The summed E-state index contributed by atoms with van der Waals surface area (Å²) in [7, 11) is 0. The van der Waals surface area contributed by atoms with Crippen molar-refractivity contribution in [1.29, 1.82) is 0 Å². The molecule has 0 saturated heterocycles. The molecule has 88 valence electrons. The number of para-hydroxylation sites is 1. The standard InChI is InChI=1S/C16H13NO/c1-9-3-2-4-12-15-11-6-8-14(18)10(11)5-7-13(15)17-16(9)12/h2-5,7,17H,6,8H2,1H3. The van der Waals surface area contributed by atoms with Crippen LogP contribution in [0.5, 0.6) is 0 Å². The van der Waals surface area contributed by atoms with Crippen molar-refractivity contribution in [2.24, 2.45) is 0 Å². The van der Waals surface area contributed by atoms with Crippen LogP contribution in [0.4, 0.5) is 0 Å². The van der Waals surface area contributed by atoms with Crippen LogP contribution < -0.4 is 0 Å². The molecule has 4 rings (SSSR count). The number of nitrogens with one attached hydrogen (secondary N) is 1. The molecule has 0 amide bonds. The molecule has 0 fully saturated rings. The molecule has 1 heterocycles. The van der Waals surface area contributed by atoms with E-state index in [1.807, 2.05) is 12.1 Å². The summed E-state index contributed by atoms with van der Waals surface area (Å²) in [6.45, 7) is 2.11. The van der Waals surface area contributed by atoms with Crippen LogP contribution in [-0.2, 0) is 6.42 Å². The number of fused-ring (bicyclic) bond motifs is 5. The lowest BCUT2D eigenvalue weighted by atomic mass is 10.0. The van der Waals surface area contributed by atoms with Crippen molar-refractivity contribution in [2.75, 3.05) is 0 Å². The van der Waals surface area contributed by atoms with E-state index in [1.54, 1.807) is 0 Å². The number of hydrogen-bond acceptors (Lipinski definition) is 1. The van der Waals surface area contributed by atoms with Crippen LogP contribution in [0.15, 0.2) is 30.3 Å².